The standard InChI is InChI=1S/C9H7BrN2O3/c1-4(13)7-9(14)12-8-5(15-7)2-3-6(10)11-8/h2-3,7H,1H3,(H,11,12,14). The number of hydrogen-bond donors (Lipinski definition) is 1. The predicted molar refractivity (Wildman–Crippen MR) is 55.7 cm³/mol. The molecule has 1 aromatic heterocycles. The van der Waals surface area contributed by atoms with Crippen LogP contribution in [0.3, 0.4) is 0 Å². The molecule has 0 fully saturated rings. The number of amides is 1. The van der Waals surface area contributed by atoms with E-state index < -0.39 is 12.0 Å². The van der Waals surface area contributed by atoms with Crippen molar-refractivity contribution in [2.75, 3.05) is 5.32 Å². The second-order valence-electron chi connectivity index (χ2n) is 3.08. The Labute approximate surface area is 94.0 Å². The van der Waals surface area contributed by atoms with Crippen LogP contribution < -0.4 is 10.1 Å². The maximum Gasteiger partial charge on any atom is 0.274 e. The minimum absolute atomic E-state index is 0.326. The van der Waals surface area contributed by atoms with E-state index >= 15 is 0 Å². The van der Waals surface area contributed by atoms with Crippen molar-refractivity contribution in [1.29, 1.82) is 0 Å². The van der Waals surface area contributed by atoms with Crippen molar-refractivity contribution in [2.24, 2.45) is 0 Å². The second kappa shape index (κ2) is 3.62. The highest BCUT2D eigenvalue weighted by Gasteiger charge is 2.31. The van der Waals surface area contributed by atoms with E-state index in [9.17, 15) is 9.59 Å². The topological polar surface area (TPSA) is 68.3 Å². The quantitative estimate of drug-likeness (QED) is 0.614. The van der Waals surface area contributed by atoms with E-state index in [0.29, 0.717) is 16.2 Å². The lowest BCUT2D eigenvalue weighted by molar-refractivity contribution is -0.134. The summed E-state index contributed by atoms with van der Waals surface area (Å²) in [6.45, 7) is 1.31. The number of halogens is 1. The van der Waals surface area contributed by atoms with Crippen molar-refractivity contribution < 1.29 is 14.3 Å². The van der Waals surface area contributed by atoms with Gasteiger partial charge in [0.15, 0.2) is 17.4 Å². The van der Waals surface area contributed by atoms with Crippen LogP contribution in [0.25, 0.3) is 0 Å². The van der Waals surface area contributed by atoms with Crippen molar-refractivity contribution in [2.45, 2.75) is 13.0 Å². The number of rotatable bonds is 1. The van der Waals surface area contributed by atoms with E-state index in [4.69, 9.17) is 4.74 Å². The summed E-state index contributed by atoms with van der Waals surface area (Å²) in [5.41, 5.74) is 0. The van der Waals surface area contributed by atoms with Gasteiger partial charge in [0.2, 0.25) is 6.10 Å². The summed E-state index contributed by atoms with van der Waals surface area (Å²) in [4.78, 5) is 26.5. The Morgan fingerprint density at radius 3 is 3.00 bits per heavy atom. The minimum Gasteiger partial charge on any atom is -0.469 e. The van der Waals surface area contributed by atoms with Crippen LogP contribution in [0.2, 0.25) is 0 Å². The van der Waals surface area contributed by atoms with E-state index in [1.165, 1.54) is 6.92 Å². The summed E-state index contributed by atoms with van der Waals surface area (Å²) >= 11 is 3.17. The van der Waals surface area contributed by atoms with Crippen LogP contribution in [0.15, 0.2) is 16.7 Å². The van der Waals surface area contributed by atoms with E-state index in [1.807, 2.05) is 0 Å². The first-order chi connectivity index (χ1) is 7.08. The van der Waals surface area contributed by atoms with Gasteiger partial charge < -0.3 is 10.1 Å². The lowest BCUT2D eigenvalue weighted by Gasteiger charge is -2.23. The molecule has 1 amide bonds. The number of anilines is 1. The molecule has 1 atom stereocenters. The fourth-order valence-corrected chi connectivity index (χ4v) is 1.55. The summed E-state index contributed by atoms with van der Waals surface area (Å²) < 4.78 is 5.80. The van der Waals surface area contributed by atoms with Crippen molar-refractivity contribution in [1.82, 2.24) is 4.98 Å². The number of Topliss-reactive ketones (excluding diaryl/α,β-unsaturated/α-hetero) is 1. The highest BCUT2D eigenvalue weighted by atomic mass is 79.9. The third-order valence-corrected chi connectivity index (χ3v) is 2.36. The zero-order valence-electron chi connectivity index (χ0n) is 7.78. The number of carbonyl (C=O) groups is 2. The van der Waals surface area contributed by atoms with Gasteiger partial charge in [-0.1, -0.05) is 0 Å². The van der Waals surface area contributed by atoms with E-state index in [1.54, 1.807) is 12.1 Å². The average molecular weight is 271 g/mol. The lowest BCUT2D eigenvalue weighted by atomic mass is 10.2. The van der Waals surface area contributed by atoms with Crippen LogP contribution in [0, 0.1) is 0 Å². The van der Waals surface area contributed by atoms with Gasteiger partial charge in [0.05, 0.1) is 0 Å². The van der Waals surface area contributed by atoms with Crippen molar-refractivity contribution in [3.05, 3.63) is 16.7 Å². The lowest BCUT2D eigenvalue weighted by Crippen LogP contribution is -2.42. The molecule has 1 aliphatic heterocycles. The number of aromatic nitrogens is 1. The minimum atomic E-state index is -1.07. The molecule has 1 aromatic rings. The molecule has 2 rings (SSSR count). The highest BCUT2D eigenvalue weighted by Crippen LogP contribution is 2.29. The van der Waals surface area contributed by atoms with Gasteiger partial charge in [0.1, 0.15) is 4.60 Å². The molecule has 6 heteroatoms. The molecule has 0 aromatic carbocycles. The predicted octanol–water partition coefficient (Wildman–Crippen LogP) is 1.13. The van der Waals surface area contributed by atoms with Gasteiger partial charge in [-0.3, -0.25) is 9.59 Å². The molecule has 0 saturated heterocycles. The Balaban J connectivity index is 2.38. The molecule has 1 unspecified atom stereocenters. The third kappa shape index (κ3) is 1.85. The van der Waals surface area contributed by atoms with Crippen LogP contribution in [0.1, 0.15) is 6.92 Å². The first kappa shape index (κ1) is 10.1. The van der Waals surface area contributed by atoms with Gasteiger partial charge in [0.25, 0.3) is 5.91 Å². The molecule has 15 heavy (non-hydrogen) atoms. The zero-order chi connectivity index (χ0) is 11.0. The van der Waals surface area contributed by atoms with Crippen LogP contribution >= 0.6 is 15.9 Å². The number of ether oxygens (including phenoxy) is 1. The molecular weight excluding hydrogens is 264 g/mol. The molecule has 1 N–H and O–H groups in total. The molecule has 0 spiro atoms. The molecule has 1 aliphatic rings. The van der Waals surface area contributed by atoms with Gasteiger partial charge in [-0.2, -0.15) is 0 Å². The first-order valence-corrected chi connectivity index (χ1v) is 5.02. The largest absolute Gasteiger partial charge is 0.469 e. The van der Waals surface area contributed by atoms with Gasteiger partial charge >= 0.3 is 0 Å². The Bertz CT molecular complexity index is 447. The van der Waals surface area contributed by atoms with Crippen molar-refractivity contribution in [3.8, 4) is 5.75 Å². The maximum atomic E-state index is 11.4. The summed E-state index contributed by atoms with van der Waals surface area (Å²) in [7, 11) is 0. The van der Waals surface area contributed by atoms with Crippen LogP contribution in [0.5, 0.6) is 5.75 Å². The number of hydrogen-bond acceptors (Lipinski definition) is 4. The monoisotopic (exact) mass is 270 g/mol. The normalized spacial score (nSPS) is 18.8. The summed E-state index contributed by atoms with van der Waals surface area (Å²) in [5.74, 6) is -0.0912. The van der Waals surface area contributed by atoms with Gasteiger partial charge in [-0.15, -0.1) is 0 Å². The number of nitrogens with zero attached hydrogens (tertiary/aromatic N) is 1. The number of pyridine rings is 1. The number of ketones is 1. The first-order valence-electron chi connectivity index (χ1n) is 4.22. The van der Waals surface area contributed by atoms with Gasteiger partial charge in [-0.05, 0) is 35.0 Å². The molecule has 0 bridgehead atoms. The zero-order valence-corrected chi connectivity index (χ0v) is 9.37. The summed E-state index contributed by atoms with van der Waals surface area (Å²) in [5, 5.41) is 2.51. The van der Waals surface area contributed by atoms with E-state index in [-0.39, 0.29) is 5.78 Å². The molecule has 2 heterocycles. The Morgan fingerprint density at radius 2 is 2.33 bits per heavy atom. The van der Waals surface area contributed by atoms with Crippen LogP contribution in [-0.2, 0) is 9.59 Å². The fourth-order valence-electron chi connectivity index (χ4n) is 1.24. The number of nitrogens with one attached hydrogen (secondary N) is 1. The molecule has 0 saturated carbocycles. The molecule has 0 radical (unpaired) electrons. The van der Waals surface area contributed by atoms with Crippen LogP contribution in [-0.4, -0.2) is 22.8 Å². The third-order valence-electron chi connectivity index (χ3n) is 1.92. The molecule has 0 aliphatic carbocycles. The van der Waals surface area contributed by atoms with Crippen molar-refractivity contribution >= 4 is 33.4 Å². The molecular formula is C9H7BrN2O3. The SMILES string of the molecule is CC(=O)C1Oc2ccc(Br)nc2NC1=O. The fraction of sp³-hybridized carbons (Fsp3) is 0.222. The highest BCUT2D eigenvalue weighted by molar-refractivity contribution is 9.10. The average Bonchev–Trinajstić information content (AvgIpc) is 2.15. The van der Waals surface area contributed by atoms with Gasteiger partial charge in [-0.25, -0.2) is 4.98 Å². The Hall–Kier alpha value is -1.43. The second-order valence-corrected chi connectivity index (χ2v) is 3.89. The Kier molecular flexibility index (Phi) is 2.44. The van der Waals surface area contributed by atoms with Gasteiger partial charge in [0, 0.05) is 0 Å². The number of carbonyl (C=O) groups excluding carboxylic acids is 2. The van der Waals surface area contributed by atoms with Crippen molar-refractivity contribution in [3.63, 3.8) is 0 Å². The maximum absolute atomic E-state index is 11.4. The smallest absolute Gasteiger partial charge is 0.274 e. The summed E-state index contributed by atoms with van der Waals surface area (Å²) in [6, 6.07) is 3.31. The van der Waals surface area contributed by atoms with Crippen LogP contribution in [0.4, 0.5) is 5.82 Å². The van der Waals surface area contributed by atoms with E-state index in [2.05, 4.69) is 26.2 Å². The summed E-state index contributed by atoms with van der Waals surface area (Å²) in [6.07, 6.45) is -1.07. The Morgan fingerprint density at radius 1 is 1.60 bits per heavy atom. The molecule has 5 nitrogen and oxygen atoms in total. The molecule has 78 valence electrons. The number of fused-ring (bicyclic) bond motifs is 1. The van der Waals surface area contributed by atoms with E-state index in [0.717, 1.165) is 0 Å².